The van der Waals surface area contributed by atoms with Gasteiger partial charge in [-0.1, -0.05) is 30.3 Å². The molecule has 98 valence electrons. The molecule has 1 aliphatic rings. The molecule has 0 aliphatic carbocycles. The van der Waals surface area contributed by atoms with Crippen molar-refractivity contribution in [1.82, 2.24) is 0 Å². The summed E-state index contributed by atoms with van der Waals surface area (Å²) in [4.78, 5) is 0. The molecule has 1 aliphatic heterocycles. The first-order valence-corrected chi connectivity index (χ1v) is 6.15. The van der Waals surface area contributed by atoms with Crippen molar-refractivity contribution in [3.8, 4) is 0 Å². The van der Waals surface area contributed by atoms with Gasteiger partial charge in [0, 0.05) is 12.6 Å². The predicted molar refractivity (Wildman–Crippen MR) is 72.3 cm³/mol. The van der Waals surface area contributed by atoms with E-state index in [2.05, 4.69) is 10.6 Å². The van der Waals surface area contributed by atoms with Crippen molar-refractivity contribution in [2.75, 3.05) is 17.2 Å². The molecular formula is C15H14F2N2. The van der Waals surface area contributed by atoms with Crippen molar-refractivity contribution in [3.63, 3.8) is 0 Å². The normalized spacial score (nSPS) is 21.2. The zero-order valence-electron chi connectivity index (χ0n) is 10.5. The van der Waals surface area contributed by atoms with Gasteiger partial charge >= 0.3 is 0 Å². The van der Waals surface area contributed by atoms with Crippen LogP contribution in [0.5, 0.6) is 0 Å². The molecule has 0 saturated heterocycles. The van der Waals surface area contributed by atoms with Gasteiger partial charge in [-0.3, -0.25) is 0 Å². The number of hydrogen-bond acceptors (Lipinski definition) is 2. The minimum Gasteiger partial charge on any atom is -0.378 e. The molecule has 2 aromatic carbocycles. The Hall–Kier alpha value is -2.10. The number of anilines is 2. The summed E-state index contributed by atoms with van der Waals surface area (Å²) in [6.07, 6.45) is 0. The van der Waals surface area contributed by atoms with Crippen LogP contribution in [0.15, 0.2) is 42.5 Å². The van der Waals surface area contributed by atoms with Crippen LogP contribution in [0.2, 0.25) is 0 Å². The highest BCUT2D eigenvalue weighted by Crippen LogP contribution is 2.37. The molecule has 2 aromatic rings. The number of hydrogen-bond donors (Lipinski definition) is 2. The molecule has 0 radical (unpaired) electrons. The van der Waals surface area contributed by atoms with Crippen LogP contribution in [0.25, 0.3) is 0 Å². The molecule has 3 rings (SSSR count). The van der Waals surface area contributed by atoms with Gasteiger partial charge in [-0.15, -0.1) is 0 Å². The molecule has 0 fully saturated rings. The Bertz CT molecular complexity index is 613. The van der Waals surface area contributed by atoms with E-state index >= 15 is 0 Å². The van der Waals surface area contributed by atoms with Gasteiger partial charge in [0.1, 0.15) is 5.82 Å². The number of nitrogens with one attached hydrogen (secondary N) is 2. The fourth-order valence-corrected chi connectivity index (χ4v) is 2.44. The third-order valence-electron chi connectivity index (χ3n) is 3.50. The highest BCUT2D eigenvalue weighted by atomic mass is 19.1. The van der Waals surface area contributed by atoms with Gasteiger partial charge < -0.3 is 10.6 Å². The molecule has 1 heterocycles. The fourth-order valence-electron chi connectivity index (χ4n) is 2.44. The summed E-state index contributed by atoms with van der Waals surface area (Å²) >= 11 is 0. The summed E-state index contributed by atoms with van der Waals surface area (Å²) in [5.41, 5.74) is 1.46. The van der Waals surface area contributed by atoms with Crippen LogP contribution in [0.4, 0.5) is 20.2 Å². The van der Waals surface area contributed by atoms with E-state index < -0.39 is 17.2 Å². The summed E-state index contributed by atoms with van der Waals surface area (Å²) in [5, 5.41) is 6.27. The Morgan fingerprint density at radius 1 is 1.11 bits per heavy atom. The van der Waals surface area contributed by atoms with E-state index in [-0.39, 0.29) is 0 Å². The second kappa shape index (κ2) is 4.23. The average Bonchev–Trinajstić information content (AvgIpc) is 2.39. The molecule has 1 unspecified atom stereocenters. The van der Waals surface area contributed by atoms with E-state index in [1.165, 1.54) is 6.07 Å². The quantitative estimate of drug-likeness (QED) is 0.816. The van der Waals surface area contributed by atoms with E-state index in [1.807, 2.05) is 37.3 Å². The van der Waals surface area contributed by atoms with Crippen molar-refractivity contribution < 1.29 is 8.78 Å². The smallest absolute Gasteiger partial charge is 0.151 e. The zero-order valence-corrected chi connectivity index (χ0v) is 10.5. The molecule has 0 saturated carbocycles. The molecule has 0 amide bonds. The molecule has 19 heavy (non-hydrogen) atoms. The van der Waals surface area contributed by atoms with Crippen molar-refractivity contribution in [2.24, 2.45) is 0 Å². The maximum atomic E-state index is 13.6. The summed E-state index contributed by atoms with van der Waals surface area (Å²) in [6.45, 7) is 2.54. The average molecular weight is 260 g/mol. The summed E-state index contributed by atoms with van der Waals surface area (Å²) in [6, 6.07) is 12.0. The number of rotatable bonds is 1. The van der Waals surface area contributed by atoms with Crippen molar-refractivity contribution >= 4 is 11.4 Å². The Labute approximate surface area is 110 Å². The second-order valence-electron chi connectivity index (χ2n) is 4.99. The standard InChI is InChI=1S/C15H14F2N2/c1-15(10-5-3-2-4-6-10)9-18-14-12(17)7-11(16)8-13(14)19-15/h2-8,18-19H,9H2,1H3. The van der Waals surface area contributed by atoms with Gasteiger partial charge in [0.2, 0.25) is 0 Å². The third-order valence-corrected chi connectivity index (χ3v) is 3.50. The van der Waals surface area contributed by atoms with E-state index in [9.17, 15) is 8.78 Å². The van der Waals surface area contributed by atoms with Crippen molar-refractivity contribution in [2.45, 2.75) is 12.5 Å². The van der Waals surface area contributed by atoms with Gasteiger partial charge in [-0.2, -0.15) is 0 Å². The van der Waals surface area contributed by atoms with Gasteiger partial charge in [-0.05, 0) is 18.6 Å². The lowest BCUT2D eigenvalue weighted by Gasteiger charge is -2.38. The van der Waals surface area contributed by atoms with Gasteiger partial charge in [0.25, 0.3) is 0 Å². The molecule has 0 spiro atoms. The van der Waals surface area contributed by atoms with Crippen LogP contribution >= 0.6 is 0 Å². The number of benzene rings is 2. The lowest BCUT2D eigenvalue weighted by molar-refractivity contribution is 0.545. The first-order chi connectivity index (χ1) is 9.08. The minimum atomic E-state index is -0.581. The Morgan fingerprint density at radius 3 is 2.58 bits per heavy atom. The van der Waals surface area contributed by atoms with E-state index in [0.717, 1.165) is 11.6 Å². The largest absolute Gasteiger partial charge is 0.378 e. The van der Waals surface area contributed by atoms with Crippen LogP contribution < -0.4 is 10.6 Å². The third kappa shape index (κ3) is 2.03. The topological polar surface area (TPSA) is 24.1 Å². The first-order valence-electron chi connectivity index (χ1n) is 6.15. The number of halogens is 2. The Morgan fingerprint density at radius 2 is 1.84 bits per heavy atom. The number of fused-ring (bicyclic) bond motifs is 1. The highest BCUT2D eigenvalue weighted by Gasteiger charge is 2.32. The maximum Gasteiger partial charge on any atom is 0.151 e. The van der Waals surface area contributed by atoms with Crippen LogP contribution in [-0.4, -0.2) is 6.54 Å². The Kier molecular flexibility index (Phi) is 2.66. The fraction of sp³-hybridized carbons (Fsp3) is 0.200. The predicted octanol–water partition coefficient (Wildman–Crippen LogP) is 3.72. The van der Waals surface area contributed by atoms with Crippen LogP contribution in [-0.2, 0) is 5.54 Å². The first kappa shape index (κ1) is 12.0. The van der Waals surface area contributed by atoms with Crippen LogP contribution in [0.3, 0.4) is 0 Å². The molecule has 0 bridgehead atoms. The van der Waals surface area contributed by atoms with Gasteiger partial charge in [0.15, 0.2) is 5.82 Å². The molecule has 1 atom stereocenters. The van der Waals surface area contributed by atoms with Crippen molar-refractivity contribution in [1.29, 1.82) is 0 Å². The summed E-state index contributed by atoms with van der Waals surface area (Å²) in [5.74, 6) is -1.15. The molecule has 2 N–H and O–H groups in total. The van der Waals surface area contributed by atoms with E-state index in [0.29, 0.717) is 17.9 Å². The van der Waals surface area contributed by atoms with Gasteiger partial charge in [0.05, 0.1) is 16.9 Å². The molecule has 0 aromatic heterocycles. The van der Waals surface area contributed by atoms with E-state index in [4.69, 9.17) is 0 Å². The lowest BCUT2D eigenvalue weighted by Crippen LogP contribution is -2.42. The van der Waals surface area contributed by atoms with E-state index in [1.54, 1.807) is 0 Å². The summed E-state index contributed by atoms with van der Waals surface area (Å²) in [7, 11) is 0. The molecular weight excluding hydrogens is 246 g/mol. The van der Waals surface area contributed by atoms with Gasteiger partial charge in [-0.25, -0.2) is 8.78 Å². The zero-order chi connectivity index (χ0) is 13.5. The van der Waals surface area contributed by atoms with Crippen LogP contribution in [0.1, 0.15) is 12.5 Å². The highest BCUT2D eigenvalue weighted by molar-refractivity contribution is 5.73. The molecule has 2 nitrogen and oxygen atoms in total. The monoisotopic (exact) mass is 260 g/mol. The minimum absolute atomic E-state index is 0.329. The SMILES string of the molecule is CC1(c2ccccc2)CNc2c(F)cc(F)cc2N1. The van der Waals surface area contributed by atoms with Crippen LogP contribution in [0, 0.1) is 11.6 Å². The second-order valence-corrected chi connectivity index (χ2v) is 4.99. The van der Waals surface area contributed by atoms with Crippen molar-refractivity contribution in [3.05, 3.63) is 59.7 Å². The summed E-state index contributed by atoms with van der Waals surface area (Å²) < 4.78 is 26.9. The Balaban J connectivity index is 2.02. The lowest BCUT2D eigenvalue weighted by atomic mass is 9.89. The molecule has 4 heteroatoms. The maximum absolute atomic E-state index is 13.6.